The van der Waals surface area contributed by atoms with Gasteiger partial charge in [-0.05, 0) is 77.3 Å². The van der Waals surface area contributed by atoms with Crippen LogP contribution in [0.2, 0.25) is 5.02 Å². The number of carbonyl (C=O) groups is 5. The van der Waals surface area contributed by atoms with Crippen molar-refractivity contribution in [2.45, 2.75) is 66.8 Å². The van der Waals surface area contributed by atoms with Crippen LogP contribution < -0.4 is 5.32 Å². The van der Waals surface area contributed by atoms with E-state index in [0.29, 0.717) is 61.0 Å². The molecule has 16 heteroatoms. The fourth-order valence-electron chi connectivity index (χ4n) is 5.41. The molecule has 0 fully saturated rings. The quantitative estimate of drug-likeness (QED) is 0.117. The number of hydrogen-bond acceptors (Lipinski definition) is 9. The van der Waals surface area contributed by atoms with E-state index in [1.807, 2.05) is 13.8 Å². The first-order valence-electron chi connectivity index (χ1n) is 17.9. The van der Waals surface area contributed by atoms with Gasteiger partial charge in [0.25, 0.3) is 5.91 Å². The lowest BCUT2D eigenvalue weighted by atomic mass is 9.99. The smallest absolute Gasteiger partial charge is 0.332 e. The average Bonchev–Trinajstić information content (AvgIpc) is 3.14. The zero-order valence-electron chi connectivity index (χ0n) is 31.5. The van der Waals surface area contributed by atoms with Crippen molar-refractivity contribution in [3.8, 4) is 11.1 Å². The Morgan fingerprint density at radius 1 is 0.755 bits per heavy atom. The molecule has 2 aromatic carbocycles. The summed E-state index contributed by atoms with van der Waals surface area (Å²) >= 11 is 6.07. The van der Waals surface area contributed by atoms with Gasteiger partial charge in [0.1, 0.15) is 19.0 Å². The third kappa shape index (κ3) is 15.2. The molecule has 0 saturated carbocycles. The molecule has 294 valence electrons. The summed E-state index contributed by atoms with van der Waals surface area (Å²) in [6.07, 6.45) is -1.01. The number of halogens is 2. The highest BCUT2D eigenvalue weighted by Gasteiger charge is 2.30. The Kier molecular flexibility index (Phi) is 19.7. The number of rotatable bonds is 23. The summed E-state index contributed by atoms with van der Waals surface area (Å²) in [6, 6.07) is 10.2. The second-order valence-corrected chi connectivity index (χ2v) is 14.6. The second-order valence-electron chi connectivity index (χ2n) is 12.0. The molecule has 1 atom stereocenters. The molecule has 0 aliphatic rings. The van der Waals surface area contributed by atoms with Gasteiger partial charge in [0.05, 0.1) is 12.6 Å². The molecule has 0 heterocycles. The minimum Gasteiger partial charge on any atom is -0.456 e. The molecule has 0 aromatic heterocycles. The van der Waals surface area contributed by atoms with Crippen LogP contribution >= 0.6 is 19.2 Å². The summed E-state index contributed by atoms with van der Waals surface area (Å²) in [4.78, 5) is 68.4. The summed E-state index contributed by atoms with van der Waals surface area (Å²) in [5, 5.41) is 3.14. The number of nitrogens with one attached hydrogen (secondary N) is 1. The van der Waals surface area contributed by atoms with Gasteiger partial charge < -0.3 is 24.8 Å². The van der Waals surface area contributed by atoms with E-state index < -0.39 is 75.5 Å². The molecule has 1 N–H and O–H groups in total. The summed E-state index contributed by atoms with van der Waals surface area (Å²) < 4.78 is 44.5. The molecule has 53 heavy (non-hydrogen) atoms. The van der Waals surface area contributed by atoms with Crippen LogP contribution in [-0.4, -0.2) is 116 Å². The fraction of sp³-hybridized carbons (Fsp3) is 0.541. The molecule has 13 nitrogen and oxygen atoms in total. The maximum absolute atomic E-state index is 14.5. The molecule has 1 unspecified atom stereocenters. The molecule has 0 radical (unpaired) electrons. The first-order valence-corrected chi connectivity index (χ1v) is 20.0. The van der Waals surface area contributed by atoms with E-state index in [1.165, 1.54) is 32.9 Å². The Hall–Kier alpha value is -3.84. The number of nitrogens with zero attached hydrogens (tertiary/aromatic N) is 3. The van der Waals surface area contributed by atoms with Crippen molar-refractivity contribution >= 4 is 48.8 Å². The summed E-state index contributed by atoms with van der Waals surface area (Å²) in [5.41, 5.74) is 1.57. The maximum atomic E-state index is 14.5. The molecular weight excluding hydrogens is 730 g/mol. The normalized spacial score (nSPS) is 11.8. The van der Waals surface area contributed by atoms with Gasteiger partial charge in [-0.1, -0.05) is 35.9 Å². The Balaban J connectivity index is 2.24. The summed E-state index contributed by atoms with van der Waals surface area (Å²) in [5.74, 6) is -3.01. The van der Waals surface area contributed by atoms with Gasteiger partial charge >= 0.3 is 13.6 Å². The van der Waals surface area contributed by atoms with Crippen LogP contribution in [0.1, 0.15) is 59.9 Å². The van der Waals surface area contributed by atoms with E-state index in [4.69, 9.17) is 25.4 Å². The van der Waals surface area contributed by atoms with Gasteiger partial charge in [-0.25, -0.2) is 4.39 Å². The van der Waals surface area contributed by atoms with Crippen molar-refractivity contribution in [3.05, 3.63) is 58.9 Å². The number of carbonyl (C=O) groups excluding carboxylic acids is 5. The first-order chi connectivity index (χ1) is 25.2. The van der Waals surface area contributed by atoms with E-state index in [2.05, 4.69) is 5.32 Å². The lowest BCUT2D eigenvalue weighted by Crippen LogP contribution is -2.39. The predicted molar refractivity (Wildman–Crippen MR) is 201 cm³/mol. The topological polar surface area (TPSA) is 152 Å². The Bertz CT molecular complexity index is 1540. The number of amides is 4. The zero-order chi connectivity index (χ0) is 39.6. The molecule has 0 aliphatic carbocycles. The Morgan fingerprint density at radius 2 is 1.25 bits per heavy atom. The van der Waals surface area contributed by atoms with Gasteiger partial charge in [0.2, 0.25) is 17.7 Å². The minimum atomic E-state index is -4.15. The maximum Gasteiger partial charge on any atom is 0.332 e. The summed E-state index contributed by atoms with van der Waals surface area (Å²) in [6.45, 7) is 11.7. The van der Waals surface area contributed by atoms with Gasteiger partial charge in [-0.2, -0.15) is 0 Å². The van der Waals surface area contributed by atoms with E-state index in [0.717, 1.165) is 0 Å². The van der Waals surface area contributed by atoms with Crippen LogP contribution in [0.25, 0.3) is 11.1 Å². The molecule has 2 rings (SSSR count). The van der Waals surface area contributed by atoms with Crippen molar-refractivity contribution in [3.63, 3.8) is 0 Å². The second kappa shape index (κ2) is 23.1. The van der Waals surface area contributed by atoms with Gasteiger partial charge in [-0.3, -0.25) is 37.6 Å². The number of hydrogen-bond donors (Lipinski definition) is 1. The van der Waals surface area contributed by atoms with Crippen LogP contribution in [0.15, 0.2) is 42.5 Å². The molecule has 4 amide bonds. The van der Waals surface area contributed by atoms with Crippen molar-refractivity contribution in [2.24, 2.45) is 0 Å². The van der Waals surface area contributed by atoms with Crippen LogP contribution in [-0.2, 0) is 48.7 Å². The van der Waals surface area contributed by atoms with Crippen molar-refractivity contribution in [2.75, 3.05) is 65.3 Å². The van der Waals surface area contributed by atoms with E-state index in [9.17, 15) is 32.9 Å². The number of likely N-dealkylation sites (N-methyl/N-ethyl adjacent to an activating group) is 3. The number of ether oxygens (including phenoxy) is 1. The summed E-state index contributed by atoms with van der Waals surface area (Å²) in [7, 11) is -4.15. The fourth-order valence-corrected chi connectivity index (χ4v) is 7.01. The monoisotopic (exact) mass is 782 g/mol. The van der Waals surface area contributed by atoms with Crippen LogP contribution in [0.5, 0.6) is 0 Å². The van der Waals surface area contributed by atoms with Gasteiger partial charge in [-0.15, -0.1) is 0 Å². The SMILES string of the molecule is CCN(CC)C(=O)COC(=O)CC(Cc1ccc(-c2cc(Cl)ccc2F)cc1)NC(=O)CCP(=O)(OCC(=O)N(CC)CC)OCC(=O)N(CC)CC. The third-order valence-corrected chi connectivity index (χ3v) is 10.6. The third-order valence-electron chi connectivity index (χ3n) is 8.54. The van der Waals surface area contributed by atoms with Crippen molar-refractivity contribution in [1.29, 1.82) is 0 Å². The highest BCUT2D eigenvalue weighted by Crippen LogP contribution is 2.48. The predicted octanol–water partition coefficient (Wildman–Crippen LogP) is 5.33. The molecule has 0 spiro atoms. The van der Waals surface area contributed by atoms with E-state index in [-0.39, 0.29) is 18.7 Å². The average molecular weight is 783 g/mol. The molecule has 0 bridgehead atoms. The van der Waals surface area contributed by atoms with E-state index in [1.54, 1.807) is 52.0 Å². The number of esters is 1. The lowest BCUT2D eigenvalue weighted by molar-refractivity contribution is -0.152. The molecular formula is C37H53ClFN4O9P. The van der Waals surface area contributed by atoms with Crippen LogP contribution in [0.3, 0.4) is 0 Å². The largest absolute Gasteiger partial charge is 0.456 e. The Morgan fingerprint density at radius 3 is 1.74 bits per heavy atom. The van der Waals surface area contributed by atoms with Crippen LogP contribution in [0, 0.1) is 5.82 Å². The van der Waals surface area contributed by atoms with E-state index >= 15 is 0 Å². The molecule has 0 aliphatic heterocycles. The highest BCUT2D eigenvalue weighted by atomic mass is 35.5. The standard InChI is InChI=1S/C37H53ClFN4O9P/c1-7-41(8-2)34(45)24-50-37(48)23-30(21-27-13-15-28(16-14-27)31-22-29(38)17-18-32(31)39)40-33(44)19-20-53(49,51-25-35(46)42(9-3)10-4)52-26-36(47)43(11-5)12-6/h13-18,22,30H,7-12,19-21,23-26H2,1-6H3,(H,40,44). The van der Waals surface area contributed by atoms with Crippen molar-refractivity contribution in [1.82, 2.24) is 20.0 Å². The Labute approximate surface area is 317 Å². The first kappa shape index (κ1) is 45.3. The number of benzene rings is 2. The zero-order valence-corrected chi connectivity index (χ0v) is 33.2. The van der Waals surface area contributed by atoms with Crippen LogP contribution in [0.4, 0.5) is 4.39 Å². The lowest BCUT2D eigenvalue weighted by Gasteiger charge is -2.24. The van der Waals surface area contributed by atoms with Crippen molar-refractivity contribution < 1.29 is 46.7 Å². The molecule has 2 aromatic rings. The highest BCUT2D eigenvalue weighted by molar-refractivity contribution is 7.53. The minimum absolute atomic E-state index is 0.143. The van der Waals surface area contributed by atoms with Gasteiger partial charge in [0, 0.05) is 62.3 Å². The van der Waals surface area contributed by atoms with Gasteiger partial charge in [0.15, 0.2) is 6.61 Å². The molecule has 0 saturated heterocycles.